The van der Waals surface area contributed by atoms with Gasteiger partial charge in [-0.15, -0.1) is 0 Å². The van der Waals surface area contributed by atoms with E-state index in [2.05, 4.69) is 5.48 Å². The van der Waals surface area contributed by atoms with Crippen LogP contribution in [-0.4, -0.2) is 5.11 Å². The van der Waals surface area contributed by atoms with E-state index in [1.807, 2.05) is 30.3 Å². The number of anilines is 3. The van der Waals surface area contributed by atoms with Crippen LogP contribution >= 0.6 is 0 Å². The summed E-state index contributed by atoms with van der Waals surface area (Å²) in [5, 5.41) is 9.43. The standard InChI is InChI=1S/C12H13N3O2/c13-9-6-10(14)12(7-11(9)16)17-15-8-4-2-1-3-5-8/h1-7,15-16H,13-14H2. The lowest BCUT2D eigenvalue weighted by atomic mass is 10.2. The lowest BCUT2D eigenvalue weighted by Gasteiger charge is -2.11. The minimum Gasteiger partial charge on any atom is -0.506 e. The Balaban J connectivity index is 2.12. The molecular weight excluding hydrogens is 218 g/mol. The summed E-state index contributed by atoms with van der Waals surface area (Å²) >= 11 is 0. The van der Waals surface area contributed by atoms with Gasteiger partial charge >= 0.3 is 0 Å². The van der Waals surface area contributed by atoms with Crippen LogP contribution < -0.4 is 21.8 Å². The van der Waals surface area contributed by atoms with Crippen molar-refractivity contribution < 1.29 is 9.94 Å². The topological polar surface area (TPSA) is 93.5 Å². The number of aromatic hydroxyl groups is 1. The van der Waals surface area contributed by atoms with E-state index in [1.165, 1.54) is 12.1 Å². The average Bonchev–Trinajstić information content (AvgIpc) is 2.33. The Hall–Kier alpha value is -2.56. The van der Waals surface area contributed by atoms with Crippen molar-refractivity contribution in [1.29, 1.82) is 0 Å². The second-order valence-corrected chi connectivity index (χ2v) is 3.52. The fraction of sp³-hybridized carbons (Fsp3) is 0. The molecule has 0 bridgehead atoms. The molecule has 2 aromatic rings. The highest BCUT2D eigenvalue weighted by atomic mass is 16.6. The van der Waals surface area contributed by atoms with Crippen LogP contribution in [0.25, 0.3) is 0 Å². The number of hydrogen-bond donors (Lipinski definition) is 4. The summed E-state index contributed by atoms with van der Waals surface area (Å²) in [5.74, 6) is 0.254. The van der Waals surface area contributed by atoms with Crippen LogP contribution in [0.5, 0.6) is 11.5 Å². The minimum atomic E-state index is -0.0657. The number of hydrogen-bond acceptors (Lipinski definition) is 5. The third-order valence-corrected chi connectivity index (χ3v) is 2.21. The fourth-order valence-electron chi connectivity index (χ4n) is 1.31. The van der Waals surface area contributed by atoms with Crippen LogP contribution in [0.15, 0.2) is 42.5 Å². The van der Waals surface area contributed by atoms with Crippen molar-refractivity contribution in [1.82, 2.24) is 0 Å². The van der Waals surface area contributed by atoms with Gasteiger partial charge in [-0.2, -0.15) is 0 Å². The molecule has 0 radical (unpaired) electrons. The number of phenolic OH excluding ortho intramolecular Hbond substituents is 1. The Morgan fingerprint density at radius 1 is 1.00 bits per heavy atom. The number of nitrogen functional groups attached to an aromatic ring is 2. The Morgan fingerprint density at radius 2 is 1.71 bits per heavy atom. The molecule has 17 heavy (non-hydrogen) atoms. The Bertz CT molecular complexity index is 515. The van der Waals surface area contributed by atoms with Gasteiger partial charge in [0.15, 0.2) is 5.75 Å². The van der Waals surface area contributed by atoms with E-state index in [0.717, 1.165) is 5.69 Å². The van der Waals surface area contributed by atoms with Gasteiger partial charge in [-0.3, -0.25) is 0 Å². The first kappa shape index (κ1) is 10.9. The lowest BCUT2D eigenvalue weighted by Crippen LogP contribution is -2.06. The number of phenols is 1. The molecule has 0 spiro atoms. The summed E-state index contributed by atoms with van der Waals surface area (Å²) in [4.78, 5) is 5.27. The van der Waals surface area contributed by atoms with E-state index in [9.17, 15) is 5.11 Å². The van der Waals surface area contributed by atoms with E-state index in [-0.39, 0.29) is 11.4 Å². The van der Waals surface area contributed by atoms with Crippen LogP contribution in [0.3, 0.4) is 0 Å². The third kappa shape index (κ3) is 2.52. The first-order chi connectivity index (χ1) is 8.16. The maximum absolute atomic E-state index is 9.43. The first-order valence-corrected chi connectivity index (χ1v) is 5.02. The number of benzene rings is 2. The monoisotopic (exact) mass is 231 g/mol. The van der Waals surface area contributed by atoms with Crippen molar-refractivity contribution in [3.8, 4) is 11.5 Å². The van der Waals surface area contributed by atoms with Gasteiger partial charge in [0.25, 0.3) is 0 Å². The van der Waals surface area contributed by atoms with Crippen LogP contribution in [0.2, 0.25) is 0 Å². The van der Waals surface area contributed by atoms with E-state index in [1.54, 1.807) is 0 Å². The van der Waals surface area contributed by atoms with Crippen molar-refractivity contribution in [2.75, 3.05) is 16.9 Å². The van der Waals surface area contributed by atoms with Crippen LogP contribution in [0.1, 0.15) is 0 Å². The summed E-state index contributed by atoms with van der Waals surface area (Å²) in [6.07, 6.45) is 0. The van der Waals surface area contributed by atoms with E-state index in [4.69, 9.17) is 16.3 Å². The van der Waals surface area contributed by atoms with Crippen molar-refractivity contribution in [2.24, 2.45) is 0 Å². The van der Waals surface area contributed by atoms with Crippen LogP contribution in [0.4, 0.5) is 17.1 Å². The number of nitrogens with one attached hydrogen (secondary N) is 1. The minimum absolute atomic E-state index is 0.0657. The molecule has 5 nitrogen and oxygen atoms in total. The molecule has 2 aromatic carbocycles. The molecule has 0 fully saturated rings. The molecule has 88 valence electrons. The molecule has 0 saturated heterocycles. The molecule has 0 aliphatic heterocycles. The molecule has 5 heteroatoms. The normalized spacial score (nSPS) is 9.88. The first-order valence-electron chi connectivity index (χ1n) is 5.02. The smallest absolute Gasteiger partial charge is 0.181 e. The second-order valence-electron chi connectivity index (χ2n) is 3.52. The number of rotatable bonds is 3. The van der Waals surface area contributed by atoms with Gasteiger partial charge in [-0.25, -0.2) is 5.48 Å². The molecule has 0 unspecified atom stereocenters. The van der Waals surface area contributed by atoms with Gasteiger partial charge in [0.1, 0.15) is 5.75 Å². The molecule has 0 aromatic heterocycles. The maximum atomic E-state index is 9.43. The Labute approximate surface area is 98.6 Å². The average molecular weight is 231 g/mol. The highest BCUT2D eigenvalue weighted by Crippen LogP contribution is 2.31. The zero-order valence-corrected chi connectivity index (χ0v) is 9.05. The lowest BCUT2D eigenvalue weighted by molar-refractivity contribution is 0.401. The predicted octanol–water partition coefficient (Wildman–Crippen LogP) is 1.96. The highest BCUT2D eigenvalue weighted by Gasteiger charge is 2.06. The van der Waals surface area contributed by atoms with Gasteiger partial charge in [-0.1, -0.05) is 18.2 Å². The highest BCUT2D eigenvalue weighted by molar-refractivity contribution is 5.67. The van der Waals surface area contributed by atoms with Crippen LogP contribution in [0, 0.1) is 0 Å². The molecule has 2 rings (SSSR count). The third-order valence-electron chi connectivity index (χ3n) is 2.21. The van der Waals surface area contributed by atoms with E-state index < -0.39 is 0 Å². The number of para-hydroxylation sites is 1. The zero-order valence-electron chi connectivity index (χ0n) is 9.05. The van der Waals surface area contributed by atoms with Gasteiger partial charge in [-0.05, 0) is 18.2 Å². The zero-order chi connectivity index (χ0) is 12.3. The summed E-state index contributed by atoms with van der Waals surface area (Å²) < 4.78 is 0. The van der Waals surface area contributed by atoms with Crippen molar-refractivity contribution in [2.45, 2.75) is 0 Å². The second kappa shape index (κ2) is 4.52. The largest absolute Gasteiger partial charge is 0.506 e. The van der Waals surface area contributed by atoms with Gasteiger partial charge in [0, 0.05) is 6.07 Å². The Kier molecular flexibility index (Phi) is 2.91. The van der Waals surface area contributed by atoms with Gasteiger partial charge in [0.2, 0.25) is 0 Å². The van der Waals surface area contributed by atoms with Crippen LogP contribution in [-0.2, 0) is 0 Å². The molecular formula is C12H13N3O2. The molecule has 0 saturated carbocycles. The molecule has 6 N–H and O–H groups in total. The SMILES string of the molecule is Nc1cc(N)c(ONc2ccccc2)cc1O. The maximum Gasteiger partial charge on any atom is 0.181 e. The molecule has 0 amide bonds. The van der Waals surface area contributed by atoms with Crippen molar-refractivity contribution >= 4 is 17.1 Å². The van der Waals surface area contributed by atoms with Gasteiger partial charge in [0.05, 0.1) is 17.1 Å². The number of nitrogens with two attached hydrogens (primary N) is 2. The summed E-state index contributed by atoms with van der Waals surface area (Å²) in [6, 6.07) is 12.1. The quantitative estimate of drug-likeness (QED) is 0.280. The predicted molar refractivity (Wildman–Crippen MR) is 67.6 cm³/mol. The fourth-order valence-corrected chi connectivity index (χ4v) is 1.31. The summed E-state index contributed by atoms with van der Waals surface area (Å²) in [6.45, 7) is 0. The van der Waals surface area contributed by atoms with E-state index >= 15 is 0 Å². The molecule has 0 aliphatic rings. The summed E-state index contributed by atoms with van der Waals surface area (Å²) in [5.41, 5.74) is 15.3. The van der Waals surface area contributed by atoms with Crippen molar-refractivity contribution in [3.63, 3.8) is 0 Å². The molecule has 0 heterocycles. The molecule has 0 atom stereocenters. The van der Waals surface area contributed by atoms with Gasteiger partial charge < -0.3 is 21.4 Å². The van der Waals surface area contributed by atoms with E-state index in [0.29, 0.717) is 11.4 Å². The summed E-state index contributed by atoms with van der Waals surface area (Å²) in [7, 11) is 0. The molecule has 0 aliphatic carbocycles. The van der Waals surface area contributed by atoms with Crippen molar-refractivity contribution in [3.05, 3.63) is 42.5 Å². The Morgan fingerprint density at radius 3 is 2.41 bits per heavy atom.